The average Bonchev–Trinajstić information content (AvgIpc) is 2.81. The number of nitrogens with zero attached hydrogens (tertiary/aromatic N) is 2. The van der Waals surface area contributed by atoms with Crippen molar-refractivity contribution in [1.82, 2.24) is 14.9 Å². The quantitative estimate of drug-likeness (QED) is 0.797. The molecule has 2 N–H and O–H groups in total. The van der Waals surface area contributed by atoms with Crippen LogP contribution in [0.25, 0.3) is 0 Å². The van der Waals surface area contributed by atoms with Crippen LogP contribution < -0.4 is 5.32 Å². The normalized spacial score (nSPS) is 10.0. The summed E-state index contributed by atoms with van der Waals surface area (Å²) >= 11 is 0. The number of aromatic hydroxyl groups is 1. The van der Waals surface area contributed by atoms with Crippen LogP contribution in [0.5, 0.6) is 5.75 Å². The van der Waals surface area contributed by atoms with Crippen LogP contribution in [0.3, 0.4) is 0 Å². The molecule has 0 atom stereocenters. The molecule has 2 rings (SSSR count). The number of carbonyl (C=O) groups is 1. The topological polar surface area (TPSA) is 67.2 Å². The van der Waals surface area contributed by atoms with E-state index in [0.717, 1.165) is 0 Å². The molecule has 0 aliphatic rings. The standard InChI is InChI=1S/C11H11N3O2/c15-10-4-2-1-3-9(10)7-13-11(16)14-6-5-12-8-14/h1-6,8,15H,7H2,(H,13,16). The maximum absolute atomic E-state index is 11.5. The van der Waals surface area contributed by atoms with E-state index in [1.807, 2.05) is 0 Å². The molecule has 0 aliphatic heterocycles. The first-order valence-electron chi connectivity index (χ1n) is 4.80. The van der Waals surface area contributed by atoms with Crippen molar-refractivity contribution in [3.8, 4) is 5.75 Å². The minimum absolute atomic E-state index is 0.174. The molecule has 0 spiro atoms. The van der Waals surface area contributed by atoms with E-state index in [1.165, 1.54) is 17.1 Å². The summed E-state index contributed by atoms with van der Waals surface area (Å²) in [6.07, 6.45) is 4.50. The maximum atomic E-state index is 11.5. The maximum Gasteiger partial charge on any atom is 0.327 e. The van der Waals surface area contributed by atoms with Gasteiger partial charge in [0.2, 0.25) is 0 Å². The zero-order valence-corrected chi connectivity index (χ0v) is 8.50. The van der Waals surface area contributed by atoms with Gasteiger partial charge in [0.25, 0.3) is 0 Å². The largest absolute Gasteiger partial charge is 0.508 e. The number of imidazole rings is 1. The van der Waals surface area contributed by atoms with Crippen molar-refractivity contribution in [2.45, 2.75) is 6.54 Å². The van der Waals surface area contributed by atoms with Crippen molar-refractivity contribution < 1.29 is 9.90 Å². The van der Waals surface area contributed by atoms with Crippen molar-refractivity contribution in [3.05, 3.63) is 48.5 Å². The summed E-state index contributed by atoms with van der Waals surface area (Å²) in [7, 11) is 0. The van der Waals surface area contributed by atoms with Crippen LogP contribution in [-0.4, -0.2) is 20.7 Å². The summed E-state index contributed by atoms with van der Waals surface area (Å²) in [4.78, 5) is 15.3. The highest BCUT2D eigenvalue weighted by Gasteiger charge is 2.04. The van der Waals surface area contributed by atoms with E-state index in [9.17, 15) is 9.90 Å². The van der Waals surface area contributed by atoms with Gasteiger partial charge in [-0.15, -0.1) is 0 Å². The van der Waals surface area contributed by atoms with Crippen molar-refractivity contribution >= 4 is 6.03 Å². The predicted octanol–water partition coefficient (Wildman–Crippen LogP) is 1.35. The molecule has 0 fully saturated rings. The molecular weight excluding hydrogens is 206 g/mol. The summed E-state index contributed by atoms with van der Waals surface area (Å²) in [6.45, 7) is 0.281. The lowest BCUT2D eigenvalue weighted by Crippen LogP contribution is -2.26. The van der Waals surface area contributed by atoms with Gasteiger partial charge in [-0.3, -0.25) is 4.57 Å². The number of phenols is 1. The van der Waals surface area contributed by atoms with Crippen LogP contribution in [0.15, 0.2) is 43.0 Å². The number of phenolic OH excluding ortho intramolecular Hbond substituents is 1. The molecule has 2 aromatic rings. The second-order valence-electron chi connectivity index (χ2n) is 3.26. The second kappa shape index (κ2) is 4.48. The number of amides is 1. The van der Waals surface area contributed by atoms with Crippen LogP contribution in [0.4, 0.5) is 4.79 Å². The molecule has 1 heterocycles. The highest BCUT2D eigenvalue weighted by Crippen LogP contribution is 2.14. The van der Waals surface area contributed by atoms with Crippen LogP contribution in [0.2, 0.25) is 0 Å². The molecule has 0 aliphatic carbocycles. The first kappa shape index (κ1) is 10.2. The van der Waals surface area contributed by atoms with Gasteiger partial charge in [0.15, 0.2) is 0 Å². The highest BCUT2D eigenvalue weighted by atomic mass is 16.3. The van der Waals surface area contributed by atoms with Gasteiger partial charge in [0, 0.05) is 24.5 Å². The first-order valence-corrected chi connectivity index (χ1v) is 4.80. The third-order valence-corrected chi connectivity index (χ3v) is 2.16. The SMILES string of the molecule is O=C(NCc1ccccc1O)n1ccnc1. The van der Waals surface area contributed by atoms with E-state index in [1.54, 1.807) is 30.5 Å². The Kier molecular flexibility index (Phi) is 2.86. The van der Waals surface area contributed by atoms with Gasteiger partial charge in [-0.1, -0.05) is 18.2 Å². The molecule has 5 heteroatoms. The van der Waals surface area contributed by atoms with Gasteiger partial charge in [0.1, 0.15) is 12.1 Å². The summed E-state index contributed by atoms with van der Waals surface area (Å²) in [5.41, 5.74) is 0.677. The fraction of sp³-hybridized carbons (Fsp3) is 0.0909. The van der Waals surface area contributed by atoms with Gasteiger partial charge >= 0.3 is 6.03 Å². The fourth-order valence-electron chi connectivity index (χ4n) is 1.30. The molecular formula is C11H11N3O2. The molecule has 16 heavy (non-hydrogen) atoms. The van der Waals surface area contributed by atoms with Gasteiger partial charge < -0.3 is 10.4 Å². The number of carbonyl (C=O) groups excluding carboxylic acids is 1. The zero-order chi connectivity index (χ0) is 11.4. The smallest absolute Gasteiger partial charge is 0.327 e. The number of hydrogen-bond acceptors (Lipinski definition) is 3. The average molecular weight is 217 g/mol. The minimum atomic E-state index is -0.277. The number of rotatable bonds is 2. The third-order valence-electron chi connectivity index (χ3n) is 2.16. The molecule has 0 saturated carbocycles. The Labute approximate surface area is 92.4 Å². The Morgan fingerprint density at radius 1 is 1.44 bits per heavy atom. The zero-order valence-electron chi connectivity index (χ0n) is 8.50. The van der Waals surface area contributed by atoms with E-state index in [2.05, 4.69) is 10.3 Å². The lowest BCUT2D eigenvalue weighted by atomic mass is 10.2. The highest BCUT2D eigenvalue weighted by molar-refractivity contribution is 5.76. The van der Waals surface area contributed by atoms with E-state index in [-0.39, 0.29) is 18.3 Å². The van der Waals surface area contributed by atoms with E-state index in [4.69, 9.17) is 0 Å². The number of nitrogens with one attached hydrogen (secondary N) is 1. The molecule has 5 nitrogen and oxygen atoms in total. The number of hydrogen-bond donors (Lipinski definition) is 2. The van der Waals surface area contributed by atoms with Gasteiger partial charge in [-0.25, -0.2) is 9.78 Å². The molecule has 0 saturated heterocycles. The molecule has 1 amide bonds. The number of para-hydroxylation sites is 1. The van der Waals surface area contributed by atoms with Gasteiger partial charge in [-0.2, -0.15) is 0 Å². The lowest BCUT2D eigenvalue weighted by Gasteiger charge is -2.06. The molecule has 1 aromatic carbocycles. The summed E-state index contributed by atoms with van der Waals surface area (Å²) in [6, 6.07) is 6.60. The van der Waals surface area contributed by atoms with Crippen molar-refractivity contribution in [2.24, 2.45) is 0 Å². The monoisotopic (exact) mass is 217 g/mol. The van der Waals surface area contributed by atoms with E-state index >= 15 is 0 Å². The third kappa shape index (κ3) is 2.20. The van der Waals surface area contributed by atoms with Gasteiger partial charge in [-0.05, 0) is 6.07 Å². The van der Waals surface area contributed by atoms with Crippen LogP contribution in [-0.2, 0) is 6.54 Å². The Morgan fingerprint density at radius 3 is 2.94 bits per heavy atom. The summed E-state index contributed by atoms with van der Waals surface area (Å²) in [5.74, 6) is 0.174. The number of benzene rings is 1. The molecule has 0 radical (unpaired) electrons. The van der Waals surface area contributed by atoms with Crippen molar-refractivity contribution in [1.29, 1.82) is 0 Å². The summed E-state index contributed by atoms with van der Waals surface area (Å²) in [5, 5.41) is 12.1. The fourth-order valence-corrected chi connectivity index (χ4v) is 1.30. The van der Waals surface area contributed by atoms with Crippen molar-refractivity contribution in [3.63, 3.8) is 0 Å². The lowest BCUT2D eigenvalue weighted by molar-refractivity contribution is 0.242. The van der Waals surface area contributed by atoms with E-state index in [0.29, 0.717) is 5.56 Å². The Balaban J connectivity index is 1.98. The molecule has 0 bridgehead atoms. The van der Waals surface area contributed by atoms with E-state index < -0.39 is 0 Å². The van der Waals surface area contributed by atoms with Crippen molar-refractivity contribution in [2.75, 3.05) is 0 Å². The van der Waals surface area contributed by atoms with Crippen LogP contribution in [0.1, 0.15) is 5.56 Å². The Morgan fingerprint density at radius 2 is 2.25 bits per heavy atom. The minimum Gasteiger partial charge on any atom is -0.508 e. The second-order valence-corrected chi connectivity index (χ2v) is 3.26. The Hall–Kier alpha value is -2.30. The molecule has 1 aromatic heterocycles. The first-order chi connectivity index (χ1) is 7.77. The van der Waals surface area contributed by atoms with Crippen LogP contribution >= 0.6 is 0 Å². The number of aromatic nitrogens is 2. The molecule has 82 valence electrons. The summed E-state index contributed by atoms with van der Waals surface area (Å²) < 4.78 is 1.33. The van der Waals surface area contributed by atoms with Crippen LogP contribution in [0, 0.1) is 0 Å². The predicted molar refractivity (Wildman–Crippen MR) is 58.0 cm³/mol. The Bertz CT molecular complexity index is 480. The van der Waals surface area contributed by atoms with Gasteiger partial charge in [0.05, 0.1) is 0 Å². The molecule has 0 unspecified atom stereocenters.